The van der Waals surface area contributed by atoms with Gasteiger partial charge in [-0.1, -0.05) is 11.6 Å². The Morgan fingerprint density at radius 2 is 2.00 bits per heavy atom. The lowest BCUT2D eigenvalue weighted by Crippen LogP contribution is -2.33. The summed E-state index contributed by atoms with van der Waals surface area (Å²) >= 11 is 5.40. The van der Waals surface area contributed by atoms with E-state index in [1.54, 1.807) is 7.11 Å². The molecule has 0 aromatic heterocycles. The van der Waals surface area contributed by atoms with Gasteiger partial charge < -0.3 is 15.4 Å². The van der Waals surface area contributed by atoms with Crippen molar-refractivity contribution in [1.29, 1.82) is 0 Å². The van der Waals surface area contributed by atoms with Crippen LogP contribution in [-0.2, 0) is 4.74 Å². The average Bonchev–Trinajstić information content (AvgIpc) is 2.37. The molecule has 0 unspecified atom stereocenters. The molecule has 0 saturated carbocycles. The van der Waals surface area contributed by atoms with Crippen molar-refractivity contribution in [2.45, 2.75) is 0 Å². The number of halogens is 3. The molecule has 7 heteroatoms. The fraction of sp³-hybridized carbons (Fsp3) is 0.417. The summed E-state index contributed by atoms with van der Waals surface area (Å²) in [7, 11) is 1.58. The Hall–Kier alpha value is -1.24. The lowest BCUT2D eigenvalue weighted by molar-refractivity contribution is 0.0949. The van der Waals surface area contributed by atoms with Crippen LogP contribution in [0, 0.1) is 11.6 Å². The summed E-state index contributed by atoms with van der Waals surface area (Å²) < 4.78 is 31.4. The zero-order valence-corrected chi connectivity index (χ0v) is 11.2. The number of hydrogen-bond donors (Lipinski definition) is 2. The van der Waals surface area contributed by atoms with Gasteiger partial charge in [0, 0.05) is 26.7 Å². The largest absolute Gasteiger partial charge is 0.383 e. The highest BCUT2D eigenvalue weighted by atomic mass is 35.5. The molecule has 1 amide bonds. The molecule has 0 atom stereocenters. The van der Waals surface area contributed by atoms with E-state index in [1.165, 1.54) is 0 Å². The van der Waals surface area contributed by atoms with Crippen molar-refractivity contribution in [2.75, 3.05) is 33.4 Å². The molecule has 1 aromatic rings. The van der Waals surface area contributed by atoms with Crippen LogP contribution in [0.4, 0.5) is 8.78 Å². The van der Waals surface area contributed by atoms with Crippen molar-refractivity contribution in [3.05, 3.63) is 34.4 Å². The Labute approximate surface area is 115 Å². The number of rotatable bonds is 7. The molecular weight excluding hydrogens is 278 g/mol. The van der Waals surface area contributed by atoms with Crippen molar-refractivity contribution in [3.63, 3.8) is 0 Å². The summed E-state index contributed by atoms with van der Waals surface area (Å²) in [5.41, 5.74) is -0.362. The van der Waals surface area contributed by atoms with Crippen LogP contribution in [0.5, 0.6) is 0 Å². The first kappa shape index (κ1) is 15.8. The maximum absolute atomic E-state index is 13.4. The normalized spacial score (nSPS) is 10.5. The first-order valence-electron chi connectivity index (χ1n) is 5.68. The first-order chi connectivity index (χ1) is 9.06. The number of nitrogens with one attached hydrogen (secondary N) is 2. The third kappa shape index (κ3) is 5.10. The monoisotopic (exact) mass is 292 g/mol. The zero-order valence-electron chi connectivity index (χ0n) is 10.4. The van der Waals surface area contributed by atoms with Gasteiger partial charge in [0.25, 0.3) is 5.91 Å². The molecule has 2 N–H and O–H groups in total. The van der Waals surface area contributed by atoms with Crippen molar-refractivity contribution in [2.24, 2.45) is 0 Å². The third-order valence-electron chi connectivity index (χ3n) is 2.32. The zero-order chi connectivity index (χ0) is 14.3. The van der Waals surface area contributed by atoms with Gasteiger partial charge in [0.15, 0.2) is 0 Å². The van der Waals surface area contributed by atoms with Crippen molar-refractivity contribution in [1.82, 2.24) is 10.6 Å². The fourth-order valence-electron chi connectivity index (χ4n) is 1.36. The summed E-state index contributed by atoms with van der Waals surface area (Å²) in [5, 5.41) is 5.12. The highest BCUT2D eigenvalue weighted by molar-refractivity contribution is 6.30. The van der Waals surface area contributed by atoms with Crippen molar-refractivity contribution in [3.8, 4) is 0 Å². The standard InChI is InChI=1S/C12H15ClF2N2O2/c1-19-5-4-16-2-3-17-12(18)8-6-11(15)9(13)7-10(8)14/h6-7,16H,2-5H2,1H3,(H,17,18). The first-order valence-corrected chi connectivity index (χ1v) is 6.06. The van der Waals surface area contributed by atoms with Gasteiger partial charge in [-0.25, -0.2) is 8.78 Å². The summed E-state index contributed by atoms with van der Waals surface area (Å²) in [4.78, 5) is 11.6. The number of benzene rings is 1. The van der Waals surface area contributed by atoms with Crippen LogP contribution < -0.4 is 10.6 Å². The Morgan fingerprint density at radius 1 is 1.26 bits per heavy atom. The predicted molar refractivity (Wildman–Crippen MR) is 68.4 cm³/mol. The summed E-state index contributed by atoms with van der Waals surface area (Å²) in [6.45, 7) is 2.01. The van der Waals surface area contributed by atoms with E-state index in [-0.39, 0.29) is 10.6 Å². The quantitative estimate of drug-likeness (QED) is 0.593. The van der Waals surface area contributed by atoms with E-state index < -0.39 is 17.5 Å². The molecule has 0 aliphatic heterocycles. The van der Waals surface area contributed by atoms with Crippen LogP contribution in [0.25, 0.3) is 0 Å². The molecule has 4 nitrogen and oxygen atoms in total. The summed E-state index contributed by atoms with van der Waals surface area (Å²) in [6, 6.07) is 1.56. The maximum atomic E-state index is 13.4. The molecule has 0 radical (unpaired) electrons. The minimum absolute atomic E-state index is 0.298. The van der Waals surface area contributed by atoms with Gasteiger partial charge in [0.1, 0.15) is 11.6 Å². The van der Waals surface area contributed by atoms with Crippen molar-refractivity contribution >= 4 is 17.5 Å². The van der Waals surface area contributed by atoms with Crippen LogP contribution in [0.2, 0.25) is 5.02 Å². The number of hydrogen-bond acceptors (Lipinski definition) is 3. The summed E-state index contributed by atoms with van der Waals surface area (Å²) in [6.07, 6.45) is 0. The molecule has 0 aliphatic carbocycles. The number of carbonyl (C=O) groups excluding carboxylic acids is 1. The van der Waals surface area contributed by atoms with Crippen LogP contribution in [-0.4, -0.2) is 39.3 Å². The van der Waals surface area contributed by atoms with E-state index in [2.05, 4.69) is 10.6 Å². The minimum Gasteiger partial charge on any atom is -0.383 e. The highest BCUT2D eigenvalue weighted by Crippen LogP contribution is 2.19. The lowest BCUT2D eigenvalue weighted by Gasteiger charge is -2.08. The van der Waals surface area contributed by atoms with Crippen LogP contribution in [0.3, 0.4) is 0 Å². The van der Waals surface area contributed by atoms with E-state index in [9.17, 15) is 13.6 Å². The van der Waals surface area contributed by atoms with Gasteiger partial charge in [-0.05, 0) is 12.1 Å². The topological polar surface area (TPSA) is 50.4 Å². The fourth-order valence-corrected chi connectivity index (χ4v) is 1.51. The molecule has 0 heterocycles. The highest BCUT2D eigenvalue weighted by Gasteiger charge is 2.14. The van der Waals surface area contributed by atoms with Gasteiger partial charge in [-0.2, -0.15) is 0 Å². The molecule has 1 aromatic carbocycles. The Bertz CT molecular complexity index is 444. The molecule has 0 saturated heterocycles. The smallest absolute Gasteiger partial charge is 0.254 e. The van der Waals surface area contributed by atoms with Gasteiger partial charge in [-0.15, -0.1) is 0 Å². The van der Waals surface area contributed by atoms with Gasteiger partial charge in [-0.3, -0.25) is 4.79 Å². The Morgan fingerprint density at radius 3 is 2.68 bits per heavy atom. The molecule has 106 valence electrons. The number of carbonyl (C=O) groups is 1. The van der Waals surface area contributed by atoms with E-state index in [4.69, 9.17) is 16.3 Å². The van der Waals surface area contributed by atoms with Crippen LogP contribution in [0.1, 0.15) is 10.4 Å². The SMILES string of the molecule is COCCNCCNC(=O)c1cc(F)c(Cl)cc1F. The molecular formula is C12H15ClF2N2O2. The minimum atomic E-state index is -0.851. The molecule has 19 heavy (non-hydrogen) atoms. The Kier molecular flexibility index (Phi) is 6.69. The molecule has 0 bridgehead atoms. The predicted octanol–water partition coefficient (Wildman–Crippen LogP) is 1.58. The van der Waals surface area contributed by atoms with E-state index in [0.29, 0.717) is 26.2 Å². The maximum Gasteiger partial charge on any atom is 0.254 e. The second-order valence-corrected chi connectivity index (χ2v) is 4.15. The van der Waals surface area contributed by atoms with Crippen LogP contribution >= 0.6 is 11.6 Å². The Balaban J connectivity index is 2.43. The molecule has 0 spiro atoms. The van der Waals surface area contributed by atoms with E-state index >= 15 is 0 Å². The third-order valence-corrected chi connectivity index (χ3v) is 2.61. The lowest BCUT2D eigenvalue weighted by atomic mass is 10.2. The molecule has 1 rings (SSSR count). The van der Waals surface area contributed by atoms with Crippen molar-refractivity contribution < 1.29 is 18.3 Å². The van der Waals surface area contributed by atoms with Crippen LogP contribution in [0.15, 0.2) is 12.1 Å². The van der Waals surface area contributed by atoms with Gasteiger partial charge in [0.2, 0.25) is 0 Å². The molecule has 0 fully saturated rings. The average molecular weight is 293 g/mol. The van der Waals surface area contributed by atoms with E-state index in [1.807, 2.05) is 0 Å². The number of ether oxygens (including phenoxy) is 1. The second kappa shape index (κ2) is 8.04. The van der Waals surface area contributed by atoms with Gasteiger partial charge >= 0.3 is 0 Å². The summed E-state index contributed by atoms with van der Waals surface area (Å²) in [5.74, 6) is -2.36. The van der Waals surface area contributed by atoms with Gasteiger partial charge in [0.05, 0.1) is 17.2 Å². The van der Waals surface area contributed by atoms with E-state index in [0.717, 1.165) is 12.1 Å². The number of methoxy groups -OCH3 is 1. The molecule has 0 aliphatic rings. The number of amides is 1. The second-order valence-electron chi connectivity index (χ2n) is 3.74.